The molecule has 0 amide bonds. The number of para-hydroxylation sites is 2. The molecule has 0 fully saturated rings. The minimum Gasteiger partial charge on any atom is -0.566 e. The van der Waals surface area contributed by atoms with Crippen LogP contribution in [0.4, 0.5) is 0 Å². The molecule has 0 unspecified atom stereocenters. The van der Waals surface area contributed by atoms with Gasteiger partial charge in [-0.05, 0) is 23.3 Å². The van der Waals surface area contributed by atoms with Crippen molar-refractivity contribution in [2.75, 3.05) is 0 Å². The zero-order chi connectivity index (χ0) is 21.3. The Morgan fingerprint density at radius 1 is 0.419 bits per heavy atom. The number of rotatable bonds is 4. The number of hydrogen-bond donors (Lipinski definition) is 4. The van der Waals surface area contributed by atoms with E-state index in [-0.39, 0.29) is 52.2 Å². The zero-order valence-corrected chi connectivity index (χ0v) is 19.8. The quantitative estimate of drug-likeness (QED) is 0.264. The SMILES string of the molecule is O[P-]c1ccccc1-c1ccccc1O.O[P-]c1ccccc1-c1ccccc1O.[Mg+2]. The van der Waals surface area contributed by atoms with Gasteiger partial charge in [0, 0.05) is 11.1 Å². The molecule has 0 radical (unpaired) electrons. The minimum atomic E-state index is 0. The van der Waals surface area contributed by atoms with E-state index in [9.17, 15) is 10.2 Å². The Balaban J connectivity index is 0.000000213. The van der Waals surface area contributed by atoms with E-state index >= 15 is 0 Å². The fourth-order valence-corrected chi connectivity index (χ4v) is 3.89. The number of phenolic OH excluding ortho intramolecular Hbond substituents is 2. The van der Waals surface area contributed by atoms with Gasteiger partial charge in [0.05, 0.1) is 0 Å². The van der Waals surface area contributed by atoms with E-state index in [4.69, 9.17) is 9.79 Å². The number of benzene rings is 4. The second-order valence-corrected chi connectivity index (χ2v) is 7.63. The third-order valence-corrected chi connectivity index (χ3v) is 5.62. The molecular weight excluding hydrogens is 439 g/mol. The van der Waals surface area contributed by atoms with Crippen molar-refractivity contribution < 1.29 is 20.0 Å². The monoisotopic (exact) mass is 458 g/mol. The number of phenols is 2. The van der Waals surface area contributed by atoms with Gasteiger partial charge in [-0.3, -0.25) is 0 Å². The topological polar surface area (TPSA) is 80.9 Å². The fraction of sp³-hybridized carbons (Fsp3) is 0. The Bertz CT molecular complexity index is 1030. The van der Waals surface area contributed by atoms with Crippen LogP contribution >= 0.6 is 17.6 Å². The number of hydrogen-bond acceptors (Lipinski definition) is 4. The zero-order valence-electron chi connectivity index (χ0n) is 16.6. The van der Waals surface area contributed by atoms with E-state index in [1.165, 1.54) is 0 Å². The number of aromatic hydroxyl groups is 2. The molecule has 4 rings (SSSR count). The average molecular weight is 459 g/mol. The first-order chi connectivity index (χ1) is 14.7. The van der Waals surface area contributed by atoms with E-state index in [1.54, 1.807) is 24.3 Å². The Hall–Kier alpha value is -1.97. The second kappa shape index (κ2) is 12.8. The summed E-state index contributed by atoms with van der Waals surface area (Å²) in [5.41, 5.74) is 3.21. The molecule has 0 aliphatic rings. The molecule has 0 atom stereocenters. The summed E-state index contributed by atoms with van der Waals surface area (Å²) in [7, 11) is 0.427. The summed E-state index contributed by atoms with van der Waals surface area (Å²) in [4.78, 5) is 18.3. The van der Waals surface area contributed by atoms with Crippen LogP contribution in [0.1, 0.15) is 0 Å². The molecule has 0 saturated heterocycles. The van der Waals surface area contributed by atoms with E-state index in [1.807, 2.05) is 72.8 Å². The van der Waals surface area contributed by atoms with E-state index in [2.05, 4.69) is 0 Å². The third-order valence-electron chi connectivity index (χ3n) is 4.41. The molecule has 7 heteroatoms. The summed E-state index contributed by atoms with van der Waals surface area (Å²) in [6, 6.07) is 29.2. The van der Waals surface area contributed by atoms with Gasteiger partial charge in [-0.15, -0.1) is 0 Å². The van der Waals surface area contributed by atoms with Crippen LogP contribution in [0.5, 0.6) is 11.5 Å². The second-order valence-electron chi connectivity index (χ2n) is 6.27. The Kier molecular flexibility index (Phi) is 10.4. The molecule has 31 heavy (non-hydrogen) atoms. The molecule has 0 saturated carbocycles. The summed E-state index contributed by atoms with van der Waals surface area (Å²) < 4.78 is 0. The average Bonchev–Trinajstić information content (AvgIpc) is 2.80. The molecule has 0 aliphatic carbocycles. The first kappa shape index (κ1) is 25.3. The maximum absolute atomic E-state index is 9.70. The Morgan fingerprint density at radius 2 is 0.710 bits per heavy atom. The Labute approximate surface area is 201 Å². The van der Waals surface area contributed by atoms with Crippen molar-refractivity contribution in [1.29, 1.82) is 0 Å². The van der Waals surface area contributed by atoms with Crippen molar-refractivity contribution in [3.05, 3.63) is 97.1 Å². The molecule has 0 heterocycles. The summed E-state index contributed by atoms with van der Waals surface area (Å²) in [6.45, 7) is 0. The predicted molar refractivity (Wildman–Crippen MR) is 130 cm³/mol. The third kappa shape index (κ3) is 6.50. The molecule has 4 N–H and O–H groups in total. The summed E-state index contributed by atoms with van der Waals surface area (Å²) in [5, 5.41) is 21.0. The summed E-state index contributed by atoms with van der Waals surface area (Å²) >= 11 is 0. The van der Waals surface area contributed by atoms with Gasteiger partial charge in [-0.1, -0.05) is 84.9 Å². The van der Waals surface area contributed by atoms with E-state index in [0.29, 0.717) is 0 Å². The summed E-state index contributed by atoms with van der Waals surface area (Å²) in [6.07, 6.45) is 0. The first-order valence-electron chi connectivity index (χ1n) is 9.10. The van der Waals surface area contributed by atoms with Crippen LogP contribution < -0.4 is 10.6 Å². The van der Waals surface area contributed by atoms with Gasteiger partial charge in [0.2, 0.25) is 0 Å². The van der Waals surface area contributed by atoms with Gasteiger partial charge in [-0.2, -0.15) is 10.6 Å². The molecular formula is C24H20MgO4P2. The predicted octanol–water partition coefficient (Wildman–Crippen LogP) is 4.70. The molecule has 152 valence electrons. The molecule has 0 aromatic heterocycles. The van der Waals surface area contributed by atoms with Gasteiger partial charge in [-0.25, -0.2) is 0 Å². The van der Waals surface area contributed by atoms with Crippen molar-refractivity contribution in [1.82, 2.24) is 0 Å². The standard InChI is InChI=1S/2C12H10O2P.Mg/c2*13-11-7-3-1-5-9(11)10-6-2-4-8-12(10)15-14;/h2*1-8,13-14H;/q2*-1;+2. The van der Waals surface area contributed by atoms with Crippen LogP contribution in [0.3, 0.4) is 0 Å². The molecule has 0 bridgehead atoms. The fourth-order valence-electron chi connectivity index (χ4n) is 2.98. The summed E-state index contributed by atoms with van der Waals surface area (Å²) in [5.74, 6) is 0.460. The van der Waals surface area contributed by atoms with Crippen molar-refractivity contribution in [2.24, 2.45) is 0 Å². The molecule has 0 spiro atoms. The molecule has 0 aliphatic heterocycles. The molecule has 4 nitrogen and oxygen atoms in total. The minimum absolute atomic E-state index is 0. The van der Waals surface area contributed by atoms with Crippen LogP contribution in [0, 0.1) is 0 Å². The van der Waals surface area contributed by atoms with Gasteiger partial charge in [0.15, 0.2) is 0 Å². The maximum Gasteiger partial charge on any atom is 2.00 e. The van der Waals surface area contributed by atoms with Gasteiger partial charge >= 0.3 is 23.1 Å². The first-order valence-corrected chi connectivity index (χ1v) is 10.8. The van der Waals surface area contributed by atoms with Crippen LogP contribution in [-0.4, -0.2) is 43.1 Å². The van der Waals surface area contributed by atoms with Crippen LogP contribution in [0.15, 0.2) is 97.1 Å². The van der Waals surface area contributed by atoms with Crippen molar-refractivity contribution in [3.63, 3.8) is 0 Å². The van der Waals surface area contributed by atoms with Crippen molar-refractivity contribution >= 4 is 51.3 Å². The van der Waals surface area contributed by atoms with Gasteiger partial charge in [0.1, 0.15) is 11.5 Å². The van der Waals surface area contributed by atoms with E-state index < -0.39 is 0 Å². The van der Waals surface area contributed by atoms with Crippen molar-refractivity contribution in [2.45, 2.75) is 0 Å². The van der Waals surface area contributed by atoms with E-state index in [0.717, 1.165) is 32.9 Å². The van der Waals surface area contributed by atoms with Crippen LogP contribution in [-0.2, 0) is 0 Å². The van der Waals surface area contributed by atoms with Gasteiger partial charge < -0.3 is 37.6 Å². The maximum atomic E-state index is 9.70. The molecule has 4 aromatic rings. The smallest absolute Gasteiger partial charge is 0.566 e. The van der Waals surface area contributed by atoms with Crippen LogP contribution in [0.25, 0.3) is 22.3 Å². The van der Waals surface area contributed by atoms with Crippen LogP contribution in [0.2, 0.25) is 0 Å². The largest absolute Gasteiger partial charge is 2.00 e. The Morgan fingerprint density at radius 3 is 1.03 bits per heavy atom. The molecule has 4 aromatic carbocycles. The van der Waals surface area contributed by atoms with Gasteiger partial charge in [0.25, 0.3) is 0 Å². The van der Waals surface area contributed by atoms with Crippen molar-refractivity contribution in [3.8, 4) is 33.8 Å². The normalized spacial score (nSPS) is 10.6.